The van der Waals surface area contributed by atoms with Gasteiger partial charge in [0.2, 0.25) is 0 Å². The van der Waals surface area contributed by atoms with Crippen molar-refractivity contribution >= 4 is 0 Å². The van der Waals surface area contributed by atoms with Crippen molar-refractivity contribution in [3.8, 4) is 11.5 Å². The molecule has 3 aromatic carbocycles. The number of likely N-dealkylation sites (tertiary alicyclic amines) is 1. The Kier molecular flexibility index (Phi) is 9.77. The fourth-order valence-electron chi connectivity index (χ4n) is 6.42. The zero-order valence-electron chi connectivity index (χ0n) is 23.0. The third kappa shape index (κ3) is 7.20. The lowest BCUT2D eigenvalue weighted by molar-refractivity contribution is 0.248. The maximum absolute atomic E-state index is 10.0. The molecule has 0 spiro atoms. The van der Waals surface area contributed by atoms with Gasteiger partial charge in [-0.3, -0.25) is 0 Å². The van der Waals surface area contributed by atoms with Gasteiger partial charge in [-0.25, -0.2) is 0 Å². The van der Waals surface area contributed by atoms with Gasteiger partial charge in [-0.15, -0.1) is 0 Å². The molecule has 0 aromatic heterocycles. The van der Waals surface area contributed by atoms with Crippen molar-refractivity contribution < 1.29 is 9.84 Å². The summed E-state index contributed by atoms with van der Waals surface area (Å²) in [6.07, 6.45) is 15.0. The van der Waals surface area contributed by atoms with Crippen molar-refractivity contribution in [3.05, 3.63) is 95.1 Å². The van der Waals surface area contributed by atoms with E-state index in [0.717, 1.165) is 17.7 Å². The molecular formula is C35H45NO2. The number of nitrogens with zero attached hydrogens (tertiary/aromatic N) is 1. The Morgan fingerprint density at radius 3 is 2.13 bits per heavy atom. The number of fused-ring (bicyclic) bond motifs is 1. The van der Waals surface area contributed by atoms with Crippen molar-refractivity contribution in [2.45, 2.75) is 82.5 Å². The molecule has 2 atom stereocenters. The molecule has 2 aliphatic rings. The molecule has 1 saturated heterocycles. The smallest absolute Gasteiger partial charge is 0.126 e. The maximum Gasteiger partial charge on any atom is 0.126 e. The van der Waals surface area contributed by atoms with E-state index in [9.17, 15) is 5.11 Å². The monoisotopic (exact) mass is 511 g/mol. The van der Waals surface area contributed by atoms with Gasteiger partial charge in [0, 0.05) is 23.5 Å². The van der Waals surface area contributed by atoms with Crippen LogP contribution in [0.5, 0.6) is 11.5 Å². The summed E-state index contributed by atoms with van der Waals surface area (Å²) in [6.45, 7) is 4.62. The third-order valence-electron chi connectivity index (χ3n) is 8.61. The Morgan fingerprint density at radius 2 is 1.39 bits per heavy atom. The molecule has 2 heterocycles. The lowest BCUT2D eigenvalue weighted by Crippen LogP contribution is -2.25. The van der Waals surface area contributed by atoms with Crippen LogP contribution in [0.15, 0.2) is 72.8 Å². The fourth-order valence-corrected chi connectivity index (χ4v) is 6.42. The van der Waals surface area contributed by atoms with Crippen LogP contribution >= 0.6 is 0 Å². The normalized spacial score (nSPS) is 19.3. The van der Waals surface area contributed by atoms with E-state index in [0.29, 0.717) is 6.61 Å². The van der Waals surface area contributed by atoms with Gasteiger partial charge in [0.15, 0.2) is 0 Å². The minimum absolute atomic E-state index is 0.214. The topological polar surface area (TPSA) is 32.7 Å². The molecule has 1 N–H and O–H groups in total. The molecule has 1 fully saturated rings. The first-order valence-electron chi connectivity index (χ1n) is 15.1. The molecule has 202 valence electrons. The van der Waals surface area contributed by atoms with Crippen LogP contribution in [0.4, 0.5) is 0 Å². The zero-order chi connectivity index (χ0) is 26.0. The highest BCUT2D eigenvalue weighted by Crippen LogP contribution is 2.46. The minimum atomic E-state index is 0.214. The number of unbranched alkanes of at least 4 members (excludes halogenated alkanes) is 7. The Hall–Kier alpha value is -2.78. The summed E-state index contributed by atoms with van der Waals surface area (Å²) in [5.41, 5.74) is 5.21. The molecule has 0 bridgehead atoms. The van der Waals surface area contributed by atoms with Gasteiger partial charge in [0.05, 0.1) is 6.61 Å². The first kappa shape index (κ1) is 26.8. The van der Waals surface area contributed by atoms with Gasteiger partial charge >= 0.3 is 0 Å². The fraction of sp³-hybridized carbons (Fsp3) is 0.486. The highest BCUT2D eigenvalue weighted by atomic mass is 16.5. The number of aromatic hydroxyl groups is 1. The molecule has 2 aliphatic heterocycles. The highest BCUT2D eigenvalue weighted by molar-refractivity contribution is 5.50. The summed E-state index contributed by atoms with van der Waals surface area (Å²) in [5.74, 6) is 1.52. The van der Waals surface area contributed by atoms with E-state index >= 15 is 0 Å². The second kappa shape index (κ2) is 13.8. The number of phenols is 1. The van der Waals surface area contributed by atoms with E-state index in [-0.39, 0.29) is 17.6 Å². The molecule has 5 rings (SSSR count). The Labute approximate surface area is 229 Å². The number of ether oxygens (including phenoxy) is 1. The van der Waals surface area contributed by atoms with Crippen molar-refractivity contribution in [3.63, 3.8) is 0 Å². The molecule has 3 nitrogen and oxygen atoms in total. The van der Waals surface area contributed by atoms with Crippen LogP contribution < -0.4 is 4.74 Å². The van der Waals surface area contributed by atoms with Gasteiger partial charge in [-0.1, -0.05) is 99.2 Å². The first-order chi connectivity index (χ1) is 18.8. The maximum atomic E-state index is 10.0. The molecule has 0 saturated carbocycles. The highest BCUT2D eigenvalue weighted by Gasteiger charge is 2.33. The summed E-state index contributed by atoms with van der Waals surface area (Å²) in [5, 5.41) is 10.0. The lowest BCUT2D eigenvalue weighted by Gasteiger charge is -2.34. The molecule has 0 aliphatic carbocycles. The van der Waals surface area contributed by atoms with Crippen molar-refractivity contribution in [2.75, 3.05) is 26.2 Å². The second-order valence-corrected chi connectivity index (χ2v) is 11.4. The summed E-state index contributed by atoms with van der Waals surface area (Å²) >= 11 is 0. The largest absolute Gasteiger partial charge is 0.508 e. The van der Waals surface area contributed by atoms with Crippen LogP contribution in [-0.4, -0.2) is 36.2 Å². The Balaban J connectivity index is 1.09. The van der Waals surface area contributed by atoms with E-state index in [1.54, 1.807) is 12.1 Å². The first-order valence-corrected chi connectivity index (χ1v) is 15.1. The predicted octanol–water partition coefficient (Wildman–Crippen LogP) is 8.46. The van der Waals surface area contributed by atoms with Gasteiger partial charge in [0.1, 0.15) is 11.5 Å². The minimum Gasteiger partial charge on any atom is -0.508 e. The number of aryl methyl sites for hydroxylation is 1. The summed E-state index contributed by atoms with van der Waals surface area (Å²) in [4.78, 5) is 2.64. The molecule has 38 heavy (non-hydrogen) atoms. The van der Waals surface area contributed by atoms with E-state index in [4.69, 9.17) is 4.74 Å². The van der Waals surface area contributed by atoms with Crippen molar-refractivity contribution in [1.29, 1.82) is 0 Å². The molecule has 0 radical (unpaired) electrons. The van der Waals surface area contributed by atoms with Crippen LogP contribution in [0.2, 0.25) is 0 Å². The molecular weight excluding hydrogens is 466 g/mol. The Bertz CT molecular complexity index is 1100. The summed E-state index contributed by atoms with van der Waals surface area (Å²) in [6, 6.07) is 25.6. The zero-order valence-corrected chi connectivity index (χ0v) is 23.0. The van der Waals surface area contributed by atoms with Gasteiger partial charge in [-0.2, -0.15) is 0 Å². The number of rotatable bonds is 13. The van der Waals surface area contributed by atoms with Gasteiger partial charge < -0.3 is 14.7 Å². The predicted molar refractivity (Wildman–Crippen MR) is 157 cm³/mol. The standard InChI is InChI=1S/C35H45NO2/c37-31-21-22-32-34(26-31)38-27-33(29-15-9-7-10-16-29)35(32)30-19-17-28(18-20-30)14-8-5-3-1-2-4-6-11-23-36-24-12-13-25-36/h7,9-10,15-22,26,33,35,37H,1-6,8,11-14,23-25,27H2/t33-,35-/m1/s1. The quantitative estimate of drug-likeness (QED) is 0.234. The number of hydrogen-bond donors (Lipinski definition) is 1. The third-order valence-corrected chi connectivity index (χ3v) is 8.61. The average Bonchev–Trinajstić information content (AvgIpc) is 3.48. The van der Waals surface area contributed by atoms with Crippen LogP contribution in [0.3, 0.4) is 0 Å². The van der Waals surface area contributed by atoms with Crippen LogP contribution in [0.1, 0.15) is 98.3 Å². The van der Waals surface area contributed by atoms with Crippen LogP contribution in [-0.2, 0) is 6.42 Å². The SMILES string of the molecule is Oc1ccc2c(c1)OC[C@H](c1ccccc1)[C@@H]2c1ccc(CCCCCCCCCCN2CCCC2)cc1. The van der Waals surface area contributed by atoms with E-state index < -0.39 is 0 Å². The van der Waals surface area contributed by atoms with E-state index in [1.807, 2.05) is 6.07 Å². The van der Waals surface area contributed by atoms with E-state index in [1.165, 1.54) is 101 Å². The summed E-state index contributed by atoms with van der Waals surface area (Å²) in [7, 11) is 0. The van der Waals surface area contributed by atoms with Gasteiger partial charge in [0.25, 0.3) is 0 Å². The van der Waals surface area contributed by atoms with Crippen molar-refractivity contribution in [1.82, 2.24) is 4.90 Å². The lowest BCUT2D eigenvalue weighted by atomic mass is 9.75. The van der Waals surface area contributed by atoms with E-state index in [2.05, 4.69) is 59.5 Å². The second-order valence-electron chi connectivity index (χ2n) is 11.4. The number of benzene rings is 3. The molecule has 0 amide bonds. The molecule has 0 unspecified atom stereocenters. The number of phenolic OH excluding ortho intramolecular Hbond substituents is 1. The number of hydrogen-bond acceptors (Lipinski definition) is 3. The van der Waals surface area contributed by atoms with Crippen LogP contribution in [0.25, 0.3) is 0 Å². The molecule has 3 heteroatoms. The van der Waals surface area contributed by atoms with Crippen molar-refractivity contribution in [2.24, 2.45) is 0 Å². The summed E-state index contributed by atoms with van der Waals surface area (Å²) < 4.78 is 6.12. The van der Waals surface area contributed by atoms with Gasteiger partial charge in [-0.05, 0) is 74.5 Å². The Morgan fingerprint density at radius 1 is 0.711 bits per heavy atom. The average molecular weight is 512 g/mol. The van der Waals surface area contributed by atoms with Crippen LogP contribution in [0, 0.1) is 0 Å². The molecule has 3 aromatic rings.